The first-order valence-corrected chi connectivity index (χ1v) is 5.59. The van der Waals surface area contributed by atoms with Gasteiger partial charge in [-0.2, -0.15) is 9.97 Å². The fourth-order valence-corrected chi connectivity index (χ4v) is 1.79. The lowest BCUT2D eigenvalue weighted by molar-refractivity contribution is 0.275. The summed E-state index contributed by atoms with van der Waals surface area (Å²) >= 11 is 0. The summed E-state index contributed by atoms with van der Waals surface area (Å²) in [6.45, 7) is 1.25. The summed E-state index contributed by atoms with van der Waals surface area (Å²) in [4.78, 5) is 10.4. The van der Waals surface area contributed by atoms with Crippen molar-refractivity contribution in [1.82, 2.24) is 9.97 Å². The van der Waals surface area contributed by atoms with E-state index in [1.807, 2.05) is 4.90 Å². The van der Waals surface area contributed by atoms with E-state index in [2.05, 4.69) is 9.97 Å². The van der Waals surface area contributed by atoms with Gasteiger partial charge in [0.05, 0.1) is 20.3 Å². The Kier molecular flexibility index (Phi) is 3.61. The van der Waals surface area contributed by atoms with Crippen molar-refractivity contribution in [2.45, 2.75) is 19.0 Å². The number of alkyl halides is 1. The molecule has 1 aliphatic heterocycles. The van der Waals surface area contributed by atoms with Crippen LogP contribution in [0.5, 0.6) is 11.8 Å². The third-order valence-corrected chi connectivity index (χ3v) is 2.79. The van der Waals surface area contributed by atoms with Crippen LogP contribution in [0.3, 0.4) is 0 Å². The van der Waals surface area contributed by atoms with E-state index in [4.69, 9.17) is 9.47 Å². The molecule has 1 aromatic heterocycles. The first-order valence-electron chi connectivity index (χ1n) is 5.59. The van der Waals surface area contributed by atoms with Crippen molar-refractivity contribution in [3.63, 3.8) is 0 Å². The van der Waals surface area contributed by atoms with Crippen LogP contribution >= 0.6 is 0 Å². The number of nitrogens with zero attached hydrogens (tertiary/aromatic N) is 3. The van der Waals surface area contributed by atoms with E-state index in [1.165, 1.54) is 0 Å². The molecule has 0 aliphatic carbocycles. The molecule has 0 radical (unpaired) electrons. The zero-order valence-electron chi connectivity index (χ0n) is 10.0. The SMILES string of the molecule is COc1cc(OC)nc(N2CCC(F)CC2)n1. The molecule has 2 rings (SSSR count). The number of piperidine rings is 1. The van der Waals surface area contributed by atoms with E-state index in [9.17, 15) is 4.39 Å². The molecule has 0 saturated carbocycles. The highest BCUT2D eigenvalue weighted by atomic mass is 19.1. The van der Waals surface area contributed by atoms with Gasteiger partial charge in [-0.05, 0) is 12.8 Å². The Morgan fingerprint density at radius 1 is 1.18 bits per heavy atom. The molecule has 0 bridgehead atoms. The molecule has 6 heteroatoms. The first kappa shape index (κ1) is 11.9. The summed E-state index contributed by atoms with van der Waals surface area (Å²) in [5.74, 6) is 1.44. The van der Waals surface area contributed by atoms with Crippen LogP contribution in [0.25, 0.3) is 0 Å². The van der Waals surface area contributed by atoms with E-state index in [-0.39, 0.29) is 0 Å². The predicted octanol–water partition coefficient (Wildman–Crippen LogP) is 1.43. The summed E-state index contributed by atoms with van der Waals surface area (Å²) in [5.41, 5.74) is 0. The average molecular weight is 241 g/mol. The molecule has 0 aromatic carbocycles. The Hall–Kier alpha value is -1.59. The molecule has 17 heavy (non-hydrogen) atoms. The first-order chi connectivity index (χ1) is 8.22. The maximum Gasteiger partial charge on any atom is 0.231 e. The standard InChI is InChI=1S/C11H16FN3O2/c1-16-9-7-10(17-2)14-11(13-9)15-5-3-8(12)4-6-15/h7-8H,3-6H2,1-2H3. The normalized spacial score (nSPS) is 17.0. The van der Waals surface area contributed by atoms with Crippen molar-refractivity contribution in [1.29, 1.82) is 0 Å². The maximum absolute atomic E-state index is 13.0. The van der Waals surface area contributed by atoms with Crippen LogP contribution in [0.2, 0.25) is 0 Å². The number of rotatable bonds is 3. The Labute approximate surface area is 99.6 Å². The molecule has 1 aromatic rings. The lowest BCUT2D eigenvalue weighted by Gasteiger charge is -2.28. The molecule has 94 valence electrons. The number of methoxy groups -OCH3 is 2. The highest BCUT2D eigenvalue weighted by molar-refractivity contribution is 5.37. The molecule has 1 aliphatic rings. The summed E-state index contributed by atoms with van der Waals surface area (Å²) < 4.78 is 23.2. The summed E-state index contributed by atoms with van der Waals surface area (Å²) in [6.07, 6.45) is 0.324. The van der Waals surface area contributed by atoms with Crippen molar-refractivity contribution in [2.24, 2.45) is 0 Å². The number of aromatic nitrogens is 2. The minimum Gasteiger partial charge on any atom is -0.481 e. The highest BCUT2D eigenvalue weighted by Gasteiger charge is 2.21. The minimum absolute atomic E-state index is 0.453. The van der Waals surface area contributed by atoms with E-state index in [1.54, 1.807) is 20.3 Å². The van der Waals surface area contributed by atoms with Gasteiger partial charge in [-0.15, -0.1) is 0 Å². The lowest BCUT2D eigenvalue weighted by atomic mass is 10.1. The molecular formula is C11H16FN3O2. The number of ether oxygens (including phenoxy) is 2. The third kappa shape index (κ3) is 2.75. The van der Waals surface area contributed by atoms with Crippen molar-refractivity contribution < 1.29 is 13.9 Å². The molecule has 1 saturated heterocycles. The van der Waals surface area contributed by atoms with Gasteiger partial charge in [-0.3, -0.25) is 0 Å². The smallest absolute Gasteiger partial charge is 0.231 e. The van der Waals surface area contributed by atoms with Crippen LogP contribution in [0.4, 0.5) is 10.3 Å². The van der Waals surface area contributed by atoms with Gasteiger partial charge in [0.1, 0.15) is 6.17 Å². The number of hydrogen-bond acceptors (Lipinski definition) is 5. The summed E-state index contributed by atoms with van der Waals surface area (Å²) in [6, 6.07) is 1.62. The monoisotopic (exact) mass is 241 g/mol. The second kappa shape index (κ2) is 5.16. The molecular weight excluding hydrogens is 225 g/mol. The predicted molar refractivity (Wildman–Crippen MR) is 61.5 cm³/mol. The molecule has 2 heterocycles. The molecule has 1 fully saturated rings. The van der Waals surface area contributed by atoms with Gasteiger partial charge >= 0.3 is 0 Å². The lowest BCUT2D eigenvalue weighted by Crippen LogP contribution is -2.35. The van der Waals surface area contributed by atoms with Gasteiger partial charge in [0, 0.05) is 13.1 Å². The van der Waals surface area contributed by atoms with Crippen LogP contribution in [-0.4, -0.2) is 43.4 Å². The molecule has 5 nitrogen and oxygen atoms in total. The largest absolute Gasteiger partial charge is 0.481 e. The molecule has 0 atom stereocenters. The average Bonchev–Trinajstić information content (AvgIpc) is 2.39. The highest BCUT2D eigenvalue weighted by Crippen LogP contribution is 2.23. The fraction of sp³-hybridized carbons (Fsp3) is 0.636. The molecule has 0 unspecified atom stereocenters. The van der Waals surface area contributed by atoms with Crippen LogP contribution in [-0.2, 0) is 0 Å². The number of anilines is 1. The Morgan fingerprint density at radius 2 is 1.71 bits per heavy atom. The van der Waals surface area contributed by atoms with E-state index < -0.39 is 6.17 Å². The zero-order chi connectivity index (χ0) is 12.3. The second-order valence-corrected chi connectivity index (χ2v) is 3.91. The van der Waals surface area contributed by atoms with E-state index in [0.717, 1.165) is 0 Å². The van der Waals surface area contributed by atoms with Gasteiger partial charge in [0.25, 0.3) is 0 Å². The van der Waals surface area contributed by atoms with Gasteiger partial charge in [-0.25, -0.2) is 4.39 Å². The molecule has 0 N–H and O–H groups in total. The van der Waals surface area contributed by atoms with Crippen LogP contribution in [0.1, 0.15) is 12.8 Å². The number of halogens is 1. The Bertz CT molecular complexity index is 359. The van der Waals surface area contributed by atoms with Crippen molar-refractivity contribution in [3.8, 4) is 11.8 Å². The Balaban J connectivity index is 2.19. The Morgan fingerprint density at radius 3 is 2.18 bits per heavy atom. The van der Waals surface area contributed by atoms with E-state index in [0.29, 0.717) is 43.6 Å². The second-order valence-electron chi connectivity index (χ2n) is 3.91. The van der Waals surface area contributed by atoms with Crippen LogP contribution < -0.4 is 14.4 Å². The summed E-state index contributed by atoms with van der Waals surface area (Å²) in [7, 11) is 3.08. The number of hydrogen-bond donors (Lipinski definition) is 0. The summed E-state index contributed by atoms with van der Waals surface area (Å²) in [5, 5.41) is 0. The maximum atomic E-state index is 13.0. The molecule has 0 spiro atoms. The van der Waals surface area contributed by atoms with Gasteiger partial charge in [-0.1, -0.05) is 0 Å². The quantitative estimate of drug-likeness (QED) is 0.801. The topological polar surface area (TPSA) is 47.5 Å². The van der Waals surface area contributed by atoms with Gasteiger partial charge in [0.2, 0.25) is 17.7 Å². The van der Waals surface area contributed by atoms with Crippen molar-refractivity contribution >= 4 is 5.95 Å². The van der Waals surface area contributed by atoms with Crippen LogP contribution in [0.15, 0.2) is 6.07 Å². The van der Waals surface area contributed by atoms with Gasteiger partial charge < -0.3 is 14.4 Å². The van der Waals surface area contributed by atoms with E-state index >= 15 is 0 Å². The third-order valence-electron chi connectivity index (χ3n) is 2.79. The van der Waals surface area contributed by atoms with Crippen molar-refractivity contribution in [3.05, 3.63) is 6.07 Å². The minimum atomic E-state index is -0.709. The van der Waals surface area contributed by atoms with Crippen molar-refractivity contribution in [2.75, 3.05) is 32.2 Å². The molecule has 0 amide bonds. The zero-order valence-corrected chi connectivity index (χ0v) is 10.0. The van der Waals surface area contributed by atoms with Gasteiger partial charge in [0.15, 0.2) is 0 Å². The fourth-order valence-electron chi connectivity index (χ4n) is 1.79. The van der Waals surface area contributed by atoms with Crippen LogP contribution in [0, 0.1) is 0 Å².